The van der Waals surface area contributed by atoms with Gasteiger partial charge in [0.25, 0.3) is 0 Å². The fourth-order valence-corrected chi connectivity index (χ4v) is 1.10. The molecule has 0 rings (SSSR count). The molecule has 0 saturated carbocycles. The molecule has 0 amide bonds. The van der Waals surface area contributed by atoms with Crippen LogP contribution in [0.1, 0.15) is 0 Å². The van der Waals surface area contributed by atoms with Gasteiger partial charge in [0, 0.05) is 0 Å². The summed E-state index contributed by atoms with van der Waals surface area (Å²) in [6.07, 6.45) is 0. The van der Waals surface area contributed by atoms with Gasteiger partial charge in [0.05, 0.1) is 15.6 Å². The van der Waals surface area contributed by atoms with Crippen LogP contribution in [0.5, 0.6) is 0 Å². The second-order valence-electron chi connectivity index (χ2n) is 0.976. The van der Waals surface area contributed by atoms with Crippen LogP contribution in [0, 0.1) is 0 Å². The van der Waals surface area contributed by atoms with E-state index in [0.717, 1.165) is 0 Å². The van der Waals surface area contributed by atoms with E-state index in [4.69, 9.17) is 0 Å². The van der Waals surface area contributed by atoms with Crippen LogP contribution in [0.3, 0.4) is 0 Å². The third kappa shape index (κ3) is 18.3. The van der Waals surface area contributed by atoms with Gasteiger partial charge in [0.1, 0.15) is 0 Å². The molecule has 0 aliphatic carbocycles. The fraction of sp³-hybridized carbons (Fsp3) is 0. The summed E-state index contributed by atoms with van der Waals surface area (Å²) < 4.78 is 21.2. The normalized spacial score (nSPS) is 11.3. The monoisotopic (exact) mass is 292 g/mol. The van der Waals surface area contributed by atoms with Gasteiger partial charge in [0.2, 0.25) is 0 Å². The molecule has 0 spiro atoms. The van der Waals surface area contributed by atoms with Crippen LogP contribution in [0.4, 0.5) is 0 Å². The minimum Gasteiger partial charge on any atom is -0.790 e. The standard InChI is InChI=1S/2Co.H4O7P2/c;;1-8(2,3)7-9(4,5)6/h;;(H2,1,2,3)(H2,4,5,6)/q2*+2;/p-4. The van der Waals surface area contributed by atoms with Crippen molar-refractivity contribution in [2.75, 3.05) is 0 Å². The van der Waals surface area contributed by atoms with Gasteiger partial charge in [-0.05, 0) is 0 Å². The van der Waals surface area contributed by atoms with Gasteiger partial charge in [-0.1, -0.05) is 0 Å². The van der Waals surface area contributed by atoms with Gasteiger partial charge < -0.3 is 33.0 Å². The first-order chi connectivity index (χ1) is 3.71. The summed E-state index contributed by atoms with van der Waals surface area (Å²) >= 11 is 0. The fourth-order valence-electron chi connectivity index (χ4n) is 0.122. The molecule has 0 N–H and O–H groups in total. The predicted molar refractivity (Wildman–Crippen MR) is 16.3 cm³/mol. The summed E-state index contributed by atoms with van der Waals surface area (Å²) in [6, 6.07) is 0. The van der Waals surface area contributed by atoms with E-state index >= 15 is 0 Å². The second kappa shape index (κ2) is 5.84. The van der Waals surface area contributed by atoms with Gasteiger partial charge in [-0.2, -0.15) is 0 Å². The summed E-state index contributed by atoms with van der Waals surface area (Å²) in [4.78, 5) is 37.3. The molecule has 0 fully saturated rings. The molecule has 0 aliphatic heterocycles. The van der Waals surface area contributed by atoms with Crippen LogP contribution in [0.2, 0.25) is 0 Å². The third-order valence-corrected chi connectivity index (χ3v) is 1.80. The molecule has 0 saturated heterocycles. The van der Waals surface area contributed by atoms with E-state index in [1.165, 1.54) is 0 Å². The number of rotatable bonds is 2. The van der Waals surface area contributed by atoms with Crippen LogP contribution < -0.4 is 19.6 Å². The van der Waals surface area contributed by atoms with Gasteiger partial charge in [-0.25, -0.2) is 0 Å². The van der Waals surface area contributed by atoms with Crippen LogP contribution in [-0.4, -0.2) is 0 Å². The molecule has 0 aliphatic rings. The minimum atomic E-state index is -5.68. The van der Waals surface area contributed by atoms with Crippen molar-refractivity contribution in [3.63, 3.8) is 0 Å². The zero-order valence-corrected chi connectivity index (χ0v) is 8.29. The summed E-state index contributed by atoms with van der Waals surface area (Å²) in [6.45, 7) is 0. The van der Waals surface area contributed by atoms with Crippen molar-refractivity contribution < 1.29 is 66.6 Å². The van der Waals surface area contributed by atoms with Gasteiger partial charge in [-0.3, -0.25) is 0 Å². The Morgan fingerprint density at radius 1 is 0.818 bits per heavy atom. The Hall–Kier alpha value is 1.27. The molecule has 0 aromatic rings. The average molecular weight is 292 g/mol. The van der Waals surface area contributed by atoms with E-state index in [1.807, 2.05) is 0 Å². The predicted octanol–water partition coefficient (Wildman–Crippen LogP) is -3.34. The topological polar surface area (TPSA) is 136 Å². The van der Waals surface area contributed by atoms with Crippen molar-refractivity contribution in [1.29, 1.82) is 0 Å². The first kappa shape index (κ1) is 18.1. The zero-order valence-electron chi connectivity index (χ0n) is 4.42. The average Bonchev–Trinajstić information content (AvgIpc) is 1.14. The number of hydrogen-bond donors (Lipinski definition) is 0. The van der Waals surface area contributed by atoms with Crippen molar-refractivity contribution in [2.24, 2.45) is 0 Å². The molecule has 11 heteroatoms. The van der Waals surface area contributed by atoms with Crippen molar-refractivity contribution in [3.8, 4) is 0 Å². The van der Waals surface area contributed by atoms with Crippen LogP contribution in [0.25, 0.3) is 0 Å². The van der Waals surface area contributed by atoms with Gasteiger partial charge in [-0.15, -0.1) is 0 Å². The van der Waals surface area contributed by atoms with Crippen LogP contribution in [0.15, 0.2) is 0 Å². The molecular formula is Co2O7P2. The first-order valence-electron chi connectivity index (χ1n) is 1.46. The van der Waals surface area contributed by atoms with E-state index in [-0.39, 0.29) is 33.6 Å². The summed E-state index contributed by atoms with van der Waals surface area (Å²) in [7, 11) is -11.4. The van der Waals surface area contributed by atoms with E-state index in [1.54, 1.807) is 0 Å². The second-order valence-corrected chi connectivity index (χ2v) is 3.42. The van der Waals surface area contributed by atoms with Crippen LogP contribution >= 0.6 is 15.6 Å². The van der Waals surface area contributed by atoms with Gasteiger partial charge in [0.15, 0.2) is 0 Å². The maximum absolute atomic E-state index is 9.32. The van der Waals surface area contributed by atoms with Gasteiger partial charge >= 0.3 is 33.6 Å². The molecule has 0 unspecified atom stereocenters. The molecule has 0 bridgehead atoms. The molecule has 70 valence electrons. The molecular weight excluding hydrogens is 292 g/mol. The third-order valence-electron chi connectivity index (χ3n) is 0.200. The number of phosphoric acid groups is 2. The van der Waals surface area contributed by atoms with Crippen molar-refractivity contribution >= 4 is 15.6 Å². The maximum Gasteiger partial charge on any atom is 2.00 e. The molecule has 11 heavy (non-hydrogen) atoms. The van der Waals surface area contributed by atoms with E-state index in [2.05, 4.69) is 4.31 Å². The smallest absolute Gasteiger partial charge is 0.790 e. The largest absolute Gasteiger partial charge is 2.00 e. The molecule has 0 atom stereocenters. The molecule has 0 aromatic carbocycles. The summed E-state index contributed by atoms with van der Waals surface area (Å²) in [5, 5.41) is 0. The Morgan fingerprint density at radius 3 is 1.00 bits per heavy atom. The van der Waals surface area contributed by atoms with Crippen molar-refractivity contribution in [2.45, 2.75) is 0 Å². The van der Waals surface area contributed by atoms with E-state index in [9.17, 15) is 28.7 Å². The molecule has 0 aromatic heterocycles. The zero-order chi connectivity index (χ0) is 7.71. The van der Waals surface area contributed by atoms with Crippen molar-refractivity contribution in [1.82, 2.24) is 0 Å². The summed E-state index contributed by atoms with van der Waals surface area (Å²) in [5.41, 5.74) is 0. The quantitative estimate of drug-likeness (QED) is 0.485. The molecule has 7 nitrogen and oxygen atoms in total. The Bertz CT molecular complexity index is 155. The molecule has 2 radical (unpaired) electrons. The van der Waals surface area contributed by atoms with E-state index in [0.29, 0.717) is 0 Å². The Kier molecular flexibility index (Phi) is 9.63. The SMILES string of the molecule is O=P([O-])([O-])OP(=O)([O-])[O-].[Co+2].[Co+2]. The van der Waals surface area contributed by atoms with Crippen molar-refractivity contribution in [3.05, 3.63) is 0 Å². The first-order valence-corrected chi connectivity index (χ1v) is 4.38. The maximum atomic E-state index is 9.32. The minimum absolute atomic E-state index is 0. The Balaban J connectivity index is -0.000000320. The summed E-state index contributed by atoms with van der Waals surface area (Å²) in [5.74, 6) is 0. The number of hydrogen-bond acceptors (Lipinski definition) is 7. The Morgan fingerprint density at radius 2 is 1.00 bits per heavy atom. The van der Waals surface area contributed by atoms with Crippen LogP contribution in [-0.2, 0) is 47.0 Å². The Labute approximate surface area is 82.4 Å². The molecule has 0 heterocycles. The van der Waals surface area contributed by atoms with E-state index < -0.39 is 15.6 Å².